The van der Waals surface area contributed by atoms with Gasteiger partial charge in [-0.15, -0.1) is 11.3 Å². The molecule has 0 aromatic carbocycles. The van der Waals surface area contributed by atoms with Crippen LogP contribution in [0.25, 0.3) is 6.08 Å². The van der Waals surface area contributed by atoms with Gasteiger partial charge < -0.3 is 14.5 Å². The van der Waals surface area contributed by atoms with Crippen LogP contribution in [-0.2, 0) is 16.1 Å². The molecular formula is C16H14N2O5S. The van der Waals surface area contributed by atoms with Gasteiger partial charge in [-0.2, -0.15) is 0 Å². The Bertz CT molecular complexity index is 848. The Morgan fingerprint density at radius 3 is 2.79 bits per heavy atom. The molecular weight excluding hydrogens is 332 g/mol. The zero-order valence-corrected chi connectivity index (χ0v) is 13.8. The van der Waals surface area contributed by atoms with Crippen LogP contribution in [0.2, 0.25) is 0 Å². The standard InChI is InChI=1S/C16H14N2O5S/c1-9-3-5-11(24-9)7-12-14(19)18(16(21)17-12)8-10-4-6-13(23-10)15(20)22-2/h3-7H,8H2,1-2H3,(H,17,21)/b12-7-. The van der Waals surface area contributed by atoms with Crippen LogP contribution >= 0.6 is 11.3 Å². The van der Waals surface area contributed by atoms with Gasteiger partial charge in [0.15, 0.2) is 0 Å². The van der Waals surface area contributed by atoms with E-state index >= 15 is 0 Å². The first-order valence-corrected chi connectivity index (χ1v) is 7.87. The lowest BCUT2D eigenvalue weighted by atomic mass is 10.3. The average molecular weight is 346 g/mol. The molecule has 0 aliphatic carbocycles. The van der Waals surface area contributed by atoms with E-state index in [4.69, 9.17) is 4.42 Å². The van der Waals surface area contributed by atoms with E-state index in [0.29, 0.717) is 5.76 Å². The summed E-state index contributed by atoms with van der Waals surface area (Å²) >= 11 is 1.52. The van der Waals surface area contributed by atoms with Crippen molar-refractivity contribution < 1.29 is 23.5 Å². The maximum Gasteiger partial charge on any atom is 0.373 e. The second-order valence-electron chi connectivity index (χ2n) is 5.09. The van der Waals surface area contributed by atoms with Crippen molar-refractivity contribution in [1.82, 2.24) is 10.2 Å². The Morgan fingerprint density at radius 2 is 2.12 bits per heavy atom. The highest BCUT2D eigenvalue weighted by atomic mass is 32.1. The topological polar surface area (TPSA) is 88.9 Å². The fourth-order valence-electron chi connectivity index (χ4n) is 2.22. The number of methoxy groups -OCH3 is 1. The number of ether oxygens (including phenoxy) is 1. The molecule has 2 aromatic heterocycles. The van der Waals surface area contributed by atoms with Crippen molar-refractivity contribution in [1.29, 1.82) is 0 Å². The number of urea groups is 1. The summed E-state index contributed by atoms with van der Waals surface area (Å²) in [4.78, 5) is 38.8. The van der Waals surface area contributed by atoms with Crippen molar-refractivity contribution >= 4 is 35.3 Å². The molecule has 7 nitrogen and oxygen atoms in total. The van der Waals surface area contributed by atoms with Crippen LogP contribution in [0.1, 0.15) is 26.1 Å². The lowest BCUT2D eigenvalue weighted by molar-refractivity contribution is -0.123. The Kier molecular flexibility index (Phi) is 4.22. The predicted molar refractivity (Wildman–Crippen MR) is 86.2 cm³/mol. The number of imide groups is 1. The molecule has 2 aromatic rings. The van der Waals surface area contributed by atoms with Gasteiger partial charge in [0, 0.05) is 9.75 Å². The Morgan fingerprint density at radius 1 is 1.33 bits per heavy atom. The van der Waals surface area contributed by atoms with E-state index in [1.165, 1.54) is 30.6 Å². The second kappa shape index (κ2) is 6.32. The number of carbonyl (C=O) groups excluding carboxylic acids is 3. The van der Waals surface area contributed by atoms with Crippen LogP contribution < -0.4 is 5.32 Å². The van der Waals surface area contributed by atoms with E-state index < -0.39 is 17.9 Å². The number of hydrogen-bond acceptors (Lipinski definition) is 6. The molecule has 24 heavy (non-hydrogen) atoms. The molecule has 0 bridgehead atoms. The molecule has 3 rings (SSSR count). The molecule has 8 heteroatoms. The fraction of sp³-hybridized carbons (Fsp3) is 0.188. The zero-order chi connectivity index (χ0) is 17.3. The molecule has 0 unspecified atom stereocenters. The monoisotopic (exact) mass is 346 g/mol. The van der Waals surface area contributed by atoms with Crippen molar-refractivity contribution in [3.63, 3.8) is 0 Å². The van der Waals surface area contributed by atoms with Gasteiger partial charge in [0.25, 0.3) is 5.91 Å². The first kappa shape index (κ1) is 16.0. The number of nitrogens with zero attached hydrogens (tertiary/aromatic N) is 1. The summed E-state index contributed by atoms with van der Waals surface area (Å²) in [7, 11) is 1.24. The highest BCUT2D eigenvalue weighted by Crippen LogP contribution is 2.22. The molecule has 124 valence electrons. The molecule has 0 radical (unpaired) electrons. The number of aryl methyl sites for hydroxylation is 1. The van der Waals surface area contributed by atoms with E-state index in [1.54, 1.807) is 6.08 Å². The number of thiophene rings is 1. The summed E-state index contributed by atoms with van der Waals surface area (Å²) in [6, 6.07) is 6.25. The molecule has 1 fully saturated rings. The van der Waals surface area contributed by atoms with Gasteiger partial charge in [-0.05, 0) is 37.3 Å². The van der Waals surface area contributed by atoms with E-state index in [2.05, 4.69) is 10.1 Å². The number of nitrogens with one attached hydrogen (secondary N) is 1. The van der Waals surface area contributed by atoms with Crippen LogP contribution in [0.15, 0.2) is 34.4 Å². The minimum absolute atomic E-state index is 0.0179. The van der Waals surface area contributed by atoms with Crippen LogP contribution in [0.5, 0.6) is 0 Å². The minimum atomic E-state index is -0.618. The van der Waals surface area contributed by atoms with Crippen LogP contribution in [0, 0.1) is 6.92 Å². The number of hydrogen-bond donors (Lipinski definition) is 1. The van der Waals surface area contributed by atoms with Gasteiger partial charge in [-0.1, -0.05) is 0 Å². The maximum absolute atomic E-state index is 12.4. The largest absolute Gasteiger partial charge is 0.463 e. The summed E-state index contributed by atoms with van der Waals surface area (Å²) in [5, 5.41) is 2.54. The van der Waals surface area contributed by atoms with E-state index in [0.717, 1.165) is 14.7 Å². The highest BCUT2D eigenvalue weighted by molar-refractivity contribution is 7.12. The quantitative estimate of drug-likeness (QED) is 0.522. The van der Waals surface area contributed by atoms with Crippen molar-refractivity contribution in [2.24, 2.45) is 0 Å². The number of amides is 3. The molecule has 0 saturated carbocycles. The van der Waals surface area contributed by atoms with Crippen LogP contribution in [0.3, 0.4) is 0 Å². The summed E-state index contributed by atoms with van der Waals surface area (Å²) < 4.78 is 9.83. The molecule has 0 atom stereocenters. The molecule has 1 aliphatic rings. The van der Waals surface area contributed by atoms with Crippen molar-refractivity contribution in [2.75, 3.05) is 7.11 Å². The molecule has 3 amide bonds. The third-order valence-corrected chi connectivity index (χ3v) is 4.32. The van der Waals surface area contributed by atoms with Gasteiger partial charge in [0.05, 0.1) is 13.7 Å². The fourth-order valence-corrected chi connectivity index (χ4v) is 3.04. The van der Waals surface area contributed by atoms with Crippen LogP contribution in [-0.4, -0.2) is 29.9 Å². The van der Waals surface area contributed by atoms with Crippen molar-refractivity contribution in [2.45, 2.75) is 13.5 Å². The SMILES string of the molecule is COC(=O)c1ccc(CN2C(=O)N/C(=C\c3ccc(C)s3)C2=O)o1. The summed E-state index contributed by atoms with van der Waals surface area (Å²) in [6.45, 7) is 1.90. The van der Waals surface area contributed by atoms with Crippen LogP contribution in [0.4, 0.5) is 4.79 Å². The lowest BCUT2D eigenvalue weighted by Crippen LogP contribution is -2.30. The van der Waals surface area contributed by atoms with Gasteiger partial charge in [0.2, 0.25) is 5.76 Å². The average Bonchev–Trinajstić information content (AvgIpc) is 3.24. The van der Waals surface area contributed by atoms with Gasteiger partial charge in [-0.3, -0.25) is 9.69 Å². The summed E-state index contributed by atoms with van der Waals surface area (Å²) in [5.74, 6) is -0.731. The summed E-state index contributed by atoms with van der Waals surface area (Å²) in [6.07, 6.45) is 1.64. The number of rotatable bonds is 4. The lowest BCUT2D eigenvalue weighted by Gasteiger charge is -2.09. The molecule has 1 saturated heterocycles. The third-order valence-electron chi connectivity index (χ3n) is 3.37. The van der Waals surface area contributed by atoms with E-state index in [-0.39, 0.29) is 18.0 Å². The molecule has 3 heterocycles. The first-order chi connectivity index (χ1) is 11.5. The highest BCUT2D eigenvalue weighted by Gasteiger charge is 2.34. The minimum Gasteiger partial charge on any atom is -0.463 e. The molecule has 0 spiro atoms. The summed E-state index contributed by atoms with van der Waals surface area (Å²) in [5.41, 5.74) is 0.210. The number of carbonyl (C=O) groups is 3. The Hall–Kier alpha value is -2.87. The van der Waals surface area contributed by atoms with E-state index in [1.807, 2.05) is 19.1 Å². The van der Waals surface area contributed by atoms with E-state index in [9.17, 15) is 14.4 Å². The third kappa shape index (κ3) is 3.09. The zero-order valence-electron chi connectivity index (χ0n) is 13.0. The smallest absolute Gasteiger partial charge is 0.373 e. The maximum atomic E-state index is 12.4. The molecule has 1 aliphatic heterocycles. The van der Waals surface area contributed by atoms with Gasteiger partial charge in [-0.25, -0.2) is 9.59 Å². The predicted octanol–water partition coefficient (Wildman–Crippen LogP) is 2.53. The van der Waals surface area contributed by atoms with Gasteiger partial charge >= 0.3 is 12.0 Å². The van der Waals surface area contributed by atoms with Crippen molar-refractivity contribution in [3.05, 3.63) is 51.2 Å². The first-order valence-electron chi connectivity index (χ1n) is 7.06. The second-order valence-corrected chi connectivity index (χ2v) is 6.40. The van der Waals surface area contributed by atoms with Crippen molar-refractivity contribution in [3.8, 4) is 0 Å². The number of furan rings is 1. The molecule has 1 N–H and O–H groups in total. The normalized spacial score (nSPS) is 15.9. The number of esters is 1. The van der Waals surface area contributed by atoms with Gasteiger partial charge in [0.1, 0.15) is 11.5 Å². The Balaban J connectivity index is 1.76. The Labute approximate surface area is 141 Å².